The maximum absolute atomic E-state index is 5.33. The van der Waals surface area contributed by atoms with Crippen LogP contribution in [0, 0.1) is 18.3 Å². The van der Waals surface area contributed by atoms with Crippen molar-refractivity contribution in [3.05, 3.63) is 6.42 Å². The molecule has 14 heavy (non-hydrogen) atoms. The van der Waals surface area contributed by atoms with E-state index in [1.54, 1.807) is 7.11 Å². The van der Waals surface area contributed by atoms with Gasteiger partial charge >= 0.3 is 0 Å². The Morgan fingerprint density at radius 1 is 1.21 bits per heavy atom. The van der Waals surface area contributed by atoms with Crippen molar-refractivity contribution < 1.29 is 117 Å². The first-order valence-corrected chi connectivity index (χ1v) is 3.73. The van der Waals surface area contributed by atoms with Crippen molar-refractivity contribution in [3.63, 3.8) is 0 Å². The first kappa shape index (κ1) is 26.1. The molecule has 2 nitrogen and oxygen atoms in total. The maximum Gasteiger partial charge on any atom is 0.0467 e. The SMILES string of the molecule is CO[C@H]1[CH-][C@@H](C)[C@@H](C)CO1.[W].[W].[Y].[Y]. The van der Waals surface area contributed by atoms with Crippen molar-refractivity contribution in [2.24, 2.45) is 11.8 Å². The summed E-state index contributed by atoms with van der Waals surface area (Å²) in [5.41, 5.74) is 0. The Hall–Kier alpha value is 3.50. The molecule has 1 aliphatic rings. The topological polar surface area (TPSA) is 18.5 Å². The van der Waals surface area contributed by atoms with Gasteiger partial charge in [0, 0.05) is 128 Å². The van der Waals surface area contributed by atoms with E-state index in [0.717, 1.165) is 6.61 Å². The molecule has 1 heterocycles. The van der Waals surface area contributed by atoms with Crippen molar-refractivity contribution in [3.8, 4) is 0 Å². The van der Waals surface area contributed by atoms with Crippen molar-refractivity contribution in [1.29, 1.82) is 0 Å². The minimum Gasteiger partial charge on any atom is -0.387 e. The normalized spacial score (nSPS) is 29.8. The minimum atomic E-state index is -0.0776. The van der Waals surface area contributed by atoms with Crippen LogP contribution in [0.15, 0.2) is 0 Å². The second-order valence-electron chi connectivity index (χ2n) is 2.97. The van der Waals surface area contributed by atoms with Gasteiger partial charge in [0.2, 0.25) is 0 Å². The molecule has 1 saturated heterocycles. The summed E-state index contributed by atoms with van der Waals surface area (Å²) in [5.74, 6) is 1.24. The van der Waals surface area contributed by atoms with Gasteiger partial charge in [0.15, 0.2) is 0 Å². The van der Waals surface area contributed by atoms with Gasteiger partial charge in [-0.15, -0.1) is 0 Å². The molecule has 0 unspecified atom stereocenters. The Morgan fingerprint density at radius 3 is 2.07 bits per heavy atom. The molecular weight excluding hydrogens is 674 g/mol. The van der Waals surface area contributed by atoms with Gasteiger partial charge in [0.25, 0.3) is 0 Å². The van der Waals surface area contributed by atoms with Gasteiger partial charge in [-0.25, -0.2) is 0 Å². The summed E-state index contributed by atoms with van der Waals surface area (Å²) >= 11 is 0. The van der Waals surface area contributed by atoms with Gasteiger partial charge in [-0.05, 0) is 5.92 Å². The fourth-order valence-electron chi connectivity index (χ4n) is 1.04. The van der Waals surface area contributed by atoms with E-state index in [4.69, 9.17) is 9.47 Å². The van der Waals surface area contributed by atoms with Crippen LogP contribution in [0.5, 0.6) is 0 Å². The molecule has 0 N–H and O–H groups in total. The molecule has 78 valence electrons. The quantitative estimate of drug-likeness (QED) is 0.389. The second-order valence-corrected chi connectivity index (χ2v) is 2.97. The molecule has 0 aromatic rings. The standard InChI is InChI=1S/C8H15O2.2W.2Y/c1-6-4-8(9-3)10-5-7(6)2;;;;/h4,6-8H,5H2,1-3H3;;;;/q-1;;;;/t6-,7+,8-;;;;/m1..../s1. The second kappa shape index (κ2) is 14.6. The third kappa shape index (κ3) is 9.53. The van der Waals surface area contributed by atoms with Gasteiger partial charge in [-0.3, -0.25) is 6.42 Å². The van der Waals surface area contributed by atoms with Gasteiger partial charge in [0.1, 0.15) is 0 Å². The zero-order valence-corrected chi connectivity index (χ0v) is 20.3. The molecular formula is C8H15O2W2Y2-. The summed E-state index contributed by atoms with van der Waals surface area (Å²) in [6.07, 6.45) is 2.03. The van der Waals surface area contributed by atoms with Crippen molar-refractivity contribution >= 4 is 0 Å². The zero-order valence-electron chi connectivity index (χ0n) is 8.80. The maximum atomic E-state index is 5.33. The van der Waals surface area contributed by atoms with Crippen molar-refractivity contribution in [1.82, 2.24) is 0 Å². The van der Waals surface area contributed by atoms with Crippen LogP contribution >= 0.6 is 0 Å². The van der Waals surface area contributed by atoms with Gasteiger partial charge < -0.3 is 9.47 Å². The third-order valence-corrected chi connectivity index (χ3v) is 2.11. The predicted molar refractivity (Wildman–Crippen MR) is 39.4 cm³/mol. The largest absolute Gasteiger partial charge is 0.387 e. The van der Waals surface area contributed by atoms with E-state index < -0.39 is 0 Å². The molecule has 6 heteroatoms. The summed E-state index contributed by atoms with van der Waals surface area (Å²) in [5, 5.41) is 0. The first-order valence-electron chi connectivity index (χ1n) is 3.73. The smallest absolute Gasteiger partial charge is 0.0467 e. The third-order valence-electron chi connectivity index (χ3n) is 2.11. The molecule has 1 aliphatic heterocycles. The molecule has 0 bridgehead atoms. The molecule has 1 rings (SSSR count). The van der Waals surface area contributed by atoms with Gasteiger partial charge in [-0.2, -0.15) is 5.92 Å². The zero-order chi connectivity index (χ0) is 7.56. The Balaban J connectivity index is -0.000000125. The molecule has 0 aliphatic carbocycles. The van der Waals surface area contributed by atoms with Crippen LogP contribution in [0.25, 0.3) is 0 Å². The van der Waals surface area contributed by atoms with Gasteiger partial charge in [-0.1, -0.05) is 13.8 Å². The average molecular weight is 689 g/mol. The van der Waals surface area contributed by atoms with Crippen LogP contribution in [0.3, 0.4) is 0 Å². The minimum absolute atomic E-state index is 0. The summed E-state index contributed by atoms with van der Waals surface area (Å²) in [4.78, 5) is 0. The first-order chi connectivity index (χ1) is 4.74. The molecule has 1 fully saturated rings. The predicted octanol–water partition coefficient (Wildman–Crippen LogP) is 1.46. The van der Waals surface area contributed by atoms with E-state index in [9.17, 15) is 0 Å². The summed E-state index contributed by atoms with van der Waals surface area (Å²) in [6, 6.07) is 0. The number of hydrogen-bond donors (Lipinski definition) is 0. The number of rotatable bonds is 1. The molecule has 3 atom stereocenters. The fourth-order valence-corrected chi connectivity index (χ4v) is 1.04. The van der Waals surface area contributed by atoms with Crippen LogP contribution in [0.1, 0.15) is 13.8 Å². The average Bonchev–Trinajstić information content (AvgIpc) is 1.95. The number of methoxy groups -OCH3 is 1. The number of hydrogen-bond acceptors (Lipinski definition) is 2. The Morgan fingerprint density at radius 2 is 1.71 bits per heavy atom. The summed E-state index contributed by atoms with van der Waals surface area (Å²) in [7, 11) is 1.67. The van der Waals surface area contributed by atoms with Crippen LogP contribution in [-0.2, 0) is 117 Å². The van der Waals surface area contributed by atoms with E-state index >= 15 is 0 Å². The molecule has 0 spiro atoms. The van der Waals surface area contributed by atoms with Crippen LogP contribution in [0.2, 0.25) is 0 Å². The molecule has 0 saturated carbocycles. The van der Waals surface area contributed by atoms with E-state index in [0.29, 0.717) is 11.8 Å². The molecule has 0 aromatic carbocycles. The van der Waals surface area contributed by atoms with Gasteiger partial charge in [0.05, 0.1) is 0 Å². The monoisotopic (exact) mass is 689 g/mol. The van der Waals surface area contributed by atoms with E-state index in [-0.39, 0.29) is 114 Å². The Bertz CT molecular complexity index is 120. The van der Waals surface area contributed by atoms with E-state index in [1.165, 1.54) is 0 Å². The Labute approximate surface area is 166 Å². The fraction of sp³-hybridized carbons (Fsp3) is 0.875. The summed E-state index contributed by atoms with van der Waals surface area (Å²) < 4.78 is 10.4. The van der Waals surface area contributed by atoms with Crippen molar-refractivity contribution in [2.45, 2.75) is 20.1 Å². The number of ether oxygens (including phenoxy) is 2. The van der Waals surface area contributed by atoms with E-state index in [1.807, 2.05) is 0 Å². The van der Waals surface area contributed by atoms with Crippen LogP contribution in [0.4, 0.5) is 0 Å². The molecule has 2 radical (unpaired) electrons. The molecule has 0 aromatic heterocycles. The Kier molecular flexibility index (Phi) is 27.2. The van der Waals surface area contributed by atoms with Crippen molar-refractivity contribution in [2.75, 3.05) is 13.7 Å². The van der Waals surface area contributed by atoms with Crippen LogP contribution < -0.4 is 0 Å². The summed E-state index contributed by atoms with van der Waals surface area (Å²) in [6.45, 7) is 5.20. The van der Waals surface area contributed by atoms with Crippen LogP contribution in [-0.4, -0.2) is 20.0 Å². The van der Waals surface area contributed by atoms with E-state index in [2.05, 4.69) is 20.3 Å². The molecule has 0 amide bonds.